The van der Waals surface area contributed by atoms with Crippen LogP contribution in [0.4, 0.5) is 0 Å². The average Bonchev–Trinajstić information content (AvgIpc) is 2.78. The van der Waals surface area contributed by atoms with Crippen molar-refractivity contribution in [1.29, 1.82) is 0 Å². The van der Waals surface area contributed by atoms with Crippen molar-refractivity contribution in [1.82, 2.24) is 20.2 Å². The topological polar surface area (TPSA) is 98.1 Å². The summed E-state index contributed by atoms with van der Waals surface area (Å²) in [7, 11) is 0. The lowest BCUT2D eigenvalue weighted by atomic mass is 9.97. The van der Waals surface area contributed by atoms with Crippen LogP contribution in [0.15, 0.2) is 15.8 Å². The molecule has 7 nitrogen and oxygen atoms in total. The van der Waals surface area contributed by atoms with Gasteiger partial charge in [-0.3, -0.25) is 14.6 Å². The van der Waals surface area contributed by atoms with Gasteiger partial charge in [0.2, 0.25) is 0 Å². The number of hydrogen-bond donors (Lipinski definition) is 3. The van der Waals surface area contributed by atoms with Crippen LogP contribution in [0.3, 0.4) is 0 Å². The van der Waals surface area contributed by atoms with Gasteiger partial charge in [-0.25, -0.2) is 4.79 Å². The molecule has 3 N–H and O–H groups in total. The van der Waals surface area contributed by atoms with Crippen LogP contribution in [0.5, 0.6) is 0 Å². The zero-order chi connectivity index (χ0) is 15.0. The minimum absolute atomic E-state index is 0.00216. The lowest BCUT2D eigenvalue weighted by molar-refractivity contribution is 0.0628. The first-order valence-corrected chi connectivity index (χ1v) is 7.47. The summed E-state index contributed by atoms with van der Waals surface area (Å²) in [5, 5.41) is 3.54. The van der Waals surface area contributed by atoms with E-state index in [4.69, 9.17) is 0 Å². The van der Waals surface area contributed by atoms with Gasteiger partial charge in [0.25, 0.3) is 11.5 Å². The van der Waals surface area contributed by atoms with Crippen LogP contribution in [0.2, 0.25) is 0 Å². The fourth-order valence-electron chi connectivity index (χ4n) is 3.57. The molecule has 1 aromatic heterocycles. The van der Waals surface area contributed by atoms with E-state index in [0.29, 0.717) is 18.6 Å². The lowest BCUT2D eigenvalue weighted by Crippen LogP contribution is -2.51. The summed E-state index contributed by atoms with van der Waals surface area (Å²) in [5.74, 6) is -0.304. The Labute approximate surface area is 121 Å². The molecule has 1 amide bonds. The monoisotopic (exact) mass is 292 g/mol. The molecule has 7 heteroatoms. The van der Waals surface area contributed by atoms with E-state index < -0.39 is 11.2 Å². The number of H-pyrrole nitrogens is 2. The van der Waals surface area contributed by atoms with E-state index in [1.54, 1.807) is 4.90 Å². The molecule has 2 unspecified atom stereocenters. The maximum Gasteiger partial charge on any atom is 0.325 e. The molecule has 0 radical (unpaired) electrons. The number of carbonyl (C=O) groups excluding carboxylic acids is 1. The Morgan fingerprint density at radius 2 is 1.95 bits per heavy atom. The molecule has 3 heterocycles. The lowest BCUT2D eigenvalue weighted by Gasteiger charge is -2.37. The summed E-state index contributed by atoms with van der Waals surface area (Å²) in [6, 6.07) is 1.11. The van der Waals surface area contributed by atoms with Crippen molar-refractivity contribution in [3.63, 3.8) is 0 Å². The number of rotatable bonds is 3. The van der Waals surface area contributed by atoms with E-state index >= 15 is 0 Å². The van der Waals surface area contributed by atoms with Crippen LogP contribution in [-0.4, -0.2) is 45.4 Å². The van der Waals surface area contributed by atoms with Crippen LogP contribution in [-0.2, 0) is 0 Å². The van der Waals surface area contributed by atoms with Crippen LogP contribution in [0.1, 0.15) is 43.0 Å². The Morgan fingerprint density at radius 3 is 2.52 bits per heavy atom. The predicted molar refractivity (Wildman–Crippen MR) is 77.4 cm³/mol. The van der Waals surface area contributed by atoms with E-state index in [1.807, 2.05) is 6.92 Å². The Hall–Kier alpha value is -1.89. The standard InChI is InChI=1S/C14H20N4O3/c1-2-18(10-5-8-3-4-9(6-10)16-8)13(20)11-7-15-14(21)17-12(11)19/h7-10,16H,2-6H2,1H3,(H2,15,17,19,21). The fourth-order valence-corrected chi connectivity index (χ4v) is 3.57. The molecule has 2 aliphatic heterocycles. The molecule has 21 heavy (non-hydrogen) atoms. The summed E-state index contributed by atoms with van der Waals surface area (Å²) >= 11 is 0. The molecule has 0 aliphatic carbocycles. The van der Waals surface area contributed by atoms with Gasteiger partial charge in [0.05, 0.1) is 0 Å². The molecule has 2 bridgehead atoms. The van der Waals surface area contributed by atoms with Gasteiger partial charge in [0.15, 0.2) is 0 Å². The highest BCUT2D eigenvalue weighted by molar-refractivity contribution is 5.93. The van der Waals surface area contributed by atoms with Gasteiger partial charge < -0.3 is 15.2 Å². The number of aromatic amines is 2. The van der Waals surface area contributed by atoms with Gasteiger partial charge in [-0.1, -0.05) is 0 Å². The summed E-state index contributed by atoms with van der Waals surface area (Å²) in [6.45, 7) is 2.48. The molecular formula is C14H20N4O3. The van der Waals surface area contributed by atoms with Crippen molar-refractivity contribution in [2.45, 2.75) is 50.7 Å². The second-order valence-electron chi connectivity index (χ2n) is 5.84. The highest BCUT2D eigenvalue weighted by Crippen LogP contribution is 2.30. The summed E-state index contributed by atoms with van der Waals surface area (Å²) in [6.07, 6.45) is 5.38. The fraction of sp³-hybridized carbons (Fsp3) is 0.643. The van der Waals surface area contributed by atoms with Crippen molar-refractivity contribution in [3.8, 4) is 0 Å². The minimum Gasteiger partial charge on any atom is -0.336 e. The molecule has 2 saturated heterocycles. The first-order valence-electron chi connectivity index (χ1n) is 7.47. The summed E-state index contributed by atoms with van der Waals surface area (Å²) in [5.41, 5.74) is -1.22. The number of hydrogen-bond acceptors (Lipinski definition) is 4. The number of fused-ring (bicyclic) bond motifs is 2. The van der Waals surface area contributed by atoms with E-state index in [9.17, 15) is 14.4 Å². The van der Waals surface area contributed by atoms with Crippen molar-refractivity contribution in [3.05, 3.63) is 32.6 Å². The van der Waals surface area contributed by atoms with Crippen LogP contribution >= 0.6 is 0 Å². The van der Waals surface area contributed by atoms with Gasteiger partial charge in [-0.2, -0.15) is 0 Å². The maximum absolute atomic E-state index is 12.6. The zero-order valence-corrected chi connectivity index (χ0v) is 12.0. The normalized spacial score (nSPS) is 27.6. The number of carbonyl (C=O) groups is 1. The van der Waals surface area contributed by atoms with Crippen molar-refractivity contribution in [2.75, 3.05) is 6.54 Å². The second kappa shape index (κ2) is 5.48. The Morgan fingerprint density at radius 1 is 1.29 bits per heavy atom. The third-order valence-corrected chi connectivity index (χ3v) is 4.54. The number of nitrogens with one attached hydrogen (secondary N) is 3. The first kappa shape index (κ1) is 14.1. The van der Waals surface area contributed by atoms with Gasteiger partial charge in [0.1, 0.15) is 5.56 Å². The second-order valence-corrected chi connectivity index (χ2v) is 5.84. The Balaban J connectivity index is 1.84. The average molecular weight is 292 g/mol. The van der Waals surface area contributed by atoms with Gasteiger partial charge in [0, 0.05) is 30.9 Å². The third kappa shape index (κ3) is 2.65. The smallest absolute Gasteiger partial charge is 0.325 e. The summed E-state index contributed by atoms with van der Waals surface area (Å²) < 4.78 is 0. The molecule has 114 valence electrons. The van der Waals surface area contributed by atoms with Crippen LogP contribution in [0.25, 0.3) is 0 Å². The van der Waals surface area contributed by atoms with Crippen molar-refractivity contribution < 1.29 is 4.79 Å². The van der Waals surface area contributed by atoms with Gasteiger partial charge in [-0.15, -0.1) is 0 Å². The Kier molecular flexibility index (Phi) is 3.67. The summed E-state index contributed by atoms with van der Waals surface area (Å²) in [4.78, 5) is 41.7. The van der Waals surface area contributed by atoms with Crippen molar-refractivity contribution >= 4 is 5.91 Å². The molecule has 1 aromatic rings. The molecule has 2 atom stereocenters. The number of piperidine rings is 1. The number of amides is 1. The third-order valence-electron chi connectivity index (χ3n) is 4.54. The Bertz CT molecular complexity index is 638. The van der Waals surface area contributed by atoms with Crippen LogP contribution < -0.4 is 16.6 Å². The van der Waals surface area contributed by atoms with Gasteiger partial charge >= 0.3 is 5.69 Å². The first-order chi connectivity index (χ1) is 10.1. The number of nitrogens with zero attached hydrogens (tertiary/aromatic N) is 1. The molecule has 3 rings (SSSR count). The number of aromatic nitrogens is 2. The largest absolute Gasteiger partial charge is 0.336 e. The highest BCUT2D eigenvalue weighted by Gasteiger charge is 2.37. The maximum atomic E-state index is 12.6. The van der Waals surface area contributed by atoms with Crippen molar-refractivity contribution in [2.24, 2.45) is 0 Å². The highest BCUT2D eigenvalue weighted by atomic mass is 16.2. The van der Waals surface area contributed by atoms with E-state index in [0.717, 1.165) is 25.7 Å². The zero-order valence-electron chi connectivity index (χ0n) is 12.0. The molecule has 0 spiro atoms. The van der Waals surface area contributed by atoms with E-state index in [1.165, 1.54) is 6.20 Å². The SMILES string of the molecule is CCN(C(=O)c1c[nH]c(=O)[nH]c1=O)C1CC2CCC(C1)N2. The minimum atomic E-state index is -0.626. The predicted octanol–water partition coefficient (Wildman–Crippen LogP) is -0.192. The molecule has 0 saturated carbocycles. The molecule has 2 aliphatic rings. The van der Waals surface area contributed by atoms with Gasteiger partial charge in [-0.05, 0) is 32.6 Å². The molecular weight excluding hydrogens is 272 g/mol. The molecule has 0 aromatic carbocycles. The quantitative estimate of drug-likeness (QED) is 0.719. The van der Waals surface area contributed by atoms with Crippen LogP contribution in [0, 0.1) is 0 Å². The van der Waals surface area contributed by atoms with E-state index in [2.05, 4.69) is 15.3 Å². The molecule has 2 fully saturated rings. The van der Waals surface area contributed by atoms with E-state index in [-0.39, 0.29) is 17.5 Å².